The Morgan fingerprint density at radius 1 is 1.09 bits per heavy atom. The predicted octanol–water partition coefficient (Wildman–Crippen LogP) is 3.64. The quantitative estimate of drug-likeness (QED) is 0.536. The largest absolute Gasteiger partial charge is 0.402 e. The number of rotatable bonds is 2. The van der Waals surface area contributed by atoms with E-state index in [0.717, 1.165) is 21.3 Å². The summed E-state index contributed by atoms with van der Waals surface area (Å²) in [7, 11) is 0. The lowest BCUT2D eigenvalue weighted by atomic mass is 10.2. The molecule has 3 heterocycles. The van der Waals surface area contributed by atoms with Crippen LogP contribution in [0.3, 0.4) is 0 Å². The third-order valence-corrected chi connectivity index (χ3v) is 4.23. The standard InChI is InChI=1S/C17H10N2O2S/c20-17-14(19-15(21-17)11-5-2-1-3-6-11)9-12-10-22-16-13(12)7-4-8-18-16/h1-10H/b14-9-. The summed E-state index contributed by atoms with van der Waals surface area (Å²) in [5.74, 6) is -0.0865. The first kappa shape index (κ1) is 12.9. The fraction of sp³-hybridized carbons (Fsp3) is 0. The first-order chi connectivity index (χ1) is 10.8. The summed E-state index contributed by atoms with van der Waals surface area (Å²) < 4.78 is 5.25. The maximum absolute atomic E-state index is 12.0. The molecule has 4 rings (SSSR count). The van der Waals surface area contributed by atoms with E-state index in [2.05, 4.69) is 9.98 Å². The van der Waals surface area contributed by atoms with Crippen LogP contribution in [0.2, 0.25) is 0 Å². The van der Waals surface area contributed by atoms with Gasteiger partial charge in [-0.2, -0.15) is 0 Å². The third-order valence-electron chi connectivity index (χ3n) is 3.31. The summed E-state index contributed by atoms with van der Waals surface area (Å²) in [4.78, 5) is 21.5. The Balaban J connectivity index is 1.76. The molecule has 1 aromatic carbocycles. The van der Waals surface area contributed by atoms with E-state index in [9.17, 15) is 4.79 Å². The second-order valence-electron chi connectivity index (χ2n) is 4.75. The Bertz CT molecular complexity index is 926. The van der Waals surface area contributed by atoms with E-state index in [1.54, 1.807) is 12.3 Å². The zero-order valence-electron chi connectivity index (χ0n) is 11.4. The second-order valence-corrected chi connectivity index (χ2v) is 5.61. The Morgan fingerprint density at radius 3 is 2.82 bits per heavy atom. The number of aliphatic imine (C=N–C) groups is 1. The molecule has 0 fully saturated rings. The lowest BCUT2D eigenvalue weighted by Gasteiger charge is -1.97. The van der Waals surface area contributed by atoms with Crippen molar-refractivity contribution in [2.75, 3.05) is 0 Å². The van der Waals surface area contributed by atoms with Gasteiger partial charge in [-0.25, -0.2) is 14.8 Å². The van der Waals surface area contributed by atoms with Crippen LogP contribution in [-0.2, 0) is 9.53 Å². The molecule has 0 amide bonds. The number of carbonyl (C=O) groups excluding carboxylic acids is 1. The fourth-order valence-corrected chi connectivity index (χ4v) is 3.13. The number of cyclic esters (lactones) is 1. The number of esters is 1. The highest BCUT2D eigenvalue weighted by Gasteiger charge is 2.24. The van der Waals surface area contributed by atoms with E-state index in [0.29, 0.717) is 11.6 Å². The molecule has 0 atom stereocenters. The van der Waals surface area contributed by atoms with Gasteiger partial charge in [0.2, 0.25) is 5.90 Å². The van der Waals surface area contributed by atoms with Crippen LogP contribution >= 0.6 is 11.3 Å². The van der Waals surface area contributed by atoms with E-state index >= 15 is 0 Å². The molecule has 0 N–H and O–H groups in total. The van der Waals surface area contributed by atoms with Gasteiger partial charge in [0.15, 0.2) is 5.70 Å². The number of pyridine rings is 1. The van der Waals surface area contributed by atoms with Crippen LogP contribution in [-0.4, -0.2) is 16.9 Å². The molecule has 0 aliphatic carbocycles. The van der Waals surface area contributed by atoms with Gasteiger partial charge in [-0.05, 0) is 35.9 Å². The Kier molecular flexibility index (Phi) is 3.05. The molecule has 0 radical (unpaired) electrons. The van der Waals surface area contributed by atoms with Crippen LogP contribution in [0.4, 0.5) is 0 Å². The van der Waals surface area contributed by atoms with Gasteiger partial charge >= 0.3 is 5.97 Å². The number of benzene rings is 1. The maximum atomic E-state index is 12.0. The summed E-state index contributed by atoms with van der Waals surface area (Å²) in [5, 5.41) is 2.98. The smallest absolute Gasteiger partial charge is 0.363 e. The van der Waals surface area contributed by atoms with Gasteiger partial charge in [-0.15, -0.1) is 11.3 Å². The van der Waals surface area contributed by atoms with Crippen molar-refractivity contribution in [3.05, 3.63) is 70.9 Å². The van der Waals surface area contributed by atoms with Crippen molar-refractivity contribution in [1.29, 1.82) is 0 Å². The van der Waals surface area contributed by atoms with Crippen LogP contribution in [0.15, 0.2) is 64.7 Å². The molecule has 5 heteroatoms. The monoisotopic (exact) mass is 306 g/mol. The molecule has 4 nitrogen and oxygen atoms in total. The van der Waals surface area contributed by atoms with Crippen molar-refractivity contribution < 1.29 is 9.53 Å². The molecule has 1 aliphatic heterocycles. The lowest BCUT2D eigenvalue weighted by molar-refractivity contribution is -0.129. The Morgan fingerprint density at radius 2 is 1.95 bits per heavy atom. The van der Waals surface area contributed by atoms with E-state index in [4.69, 9.17) is 4.74 Å². The zero-order valence-corrected chi connectivity index (χ0v) is 12.2. The fourth-order valence-electron chi connectivity index (χ4n) is 2.26. The molecular weight excluding hydrogens is 296 g/mol. The zero-order chi connectivity index (χ0) is 14.9. The molecular formula is C17H10N2O2S. The van der Waals surface area contributed by atoms with Crippen molar-refractivity contribution in [2.24, 2.45) is 4.99 Å². The first-order valence-corrected chi connectivity index (χ1v) is 7.59. The number of thiophene rings is 1. The van der Waals surface area contributed by atoms with Crippen molar-refractivity contribution >= 4 is 39.5 Å². The lowest BCUT2D eigenvalue weighted by Crippen LogP contribution is -2.04. The average Bonchev–Trinajstić information content (AvgIpc) is 3.13. The van der Waals surface area contributed by atoms with Gasteiger partial charge in [0.25, 0.3) is 0 Å². The summed E-state index contributed by atoms with van der Waals surface area (Å²) in [5.41, 5.74) is 2.02. The van der Waals surface area contributed by atoms with E-state index in [1.807, 2.05) is 47.8 Å². The van der Waals surface area contributed by atoms with Crippen LogP contribution in [0.1, 0.15) is 11.1 Å². The van der Waals surface area contributed by atoms with Gasteiger partial charge < -0.3 is 4.74 Å². The van der Waals surface area contributed by atoms with Crippen LogP contribution in [0.25, 0.3) is 16.3 Å². The highest BCUT2D eigenvalue weighted by molar-refractivity contribution is 7.17. The predicted molar refractivity (Wildman–Crippen MR) is 86.7 cm³/mol. The number of nitrogens with zero attached hydrogens (tertiary/aromatic N) is 2. The number of aromatic nitrogens is 1. The highest BCUT2D eigenvalue weighted by atomic mass is 32.1. The number of fused-ring (bicyclic) bond motifs is 1. The normalized spacial score (nSPS) is 16.1. The topological polar surface area (TPSA) is 51.5 Å². The van der Waals surface area contributed by atoms with Crippen LogP contribution in [0.5, 0.6) is 0 Å². The summed E-state index contributed by atoms with van der Waals surface area (Å²) in [6.07, 6.45) is 3.50. The minimum Gasteiger partial charge on any atom is -0.402 e. The second kappa shape index (κ2) is 5.20. The highest BCUT2D eigenvalue weighted by Crippen LogP contribution is 2.27. The van der Waals surface area contributed by atoms with Crippen molar-refractivity contribution in [3.8, 4) is 0 Å². The van der Waals surface area contributed by atoms with Gasteiger partial charge in [-0.1, -0.05) is 18.2 Å². The van der Waals surface area contributed by atoms with E-state index < -0.39 is 5.97 Å². The number of carbonyl (C=O) groups is 1. The van der Waals surface area contributed by atoms with Crippen molar-refractivity contribution in [3.63, 3.8) is 0 Å². The van der Waals surface area contributed by atoms with E-state index in [1.165, 1.54) is 11.3 Å². The van der Waals surface area contributed by atoms with Gasteiger partial charge in [-0.3, -0.25) is 0 Å². The first-order valence-electron chi connectivity index (χ1n) is 6.71. The number of hydrogen-bond acceptors (Lipinski definition) is 5. The molecule has 0 saturated heterocycles. The maximum Gasteiger partial charge on any atom is 0.363 e. The SMILES string of the molecule is O=C1OC(c2ccccc2)=N/C1=C\c1csc2ncccc12. The number of hydrogen-bond donors (Lipinski definition) is 0. The molecule has 0 spiro atoms. The van der Waals surface area contributed by atoms with E-state index in [-0.39, 0.29) is 0 Å². The molecule has 0 bridgehead atoms. The van der Waals surface area contributed by atoms with Crippen LogP contribution < -0.4 is 0 Å². The average molecular weight is 306 g/mol. The summed E-state index contributed by atoms with van der Waals surface area (Å²) in [6, 6.07) is 13.2. The minimum atomic E-state index is -0.429. The van der Waals surface area contributed by atoms with Crippen LogP contribution in [0, 0.1) is 0 Å². The molecule has 1 aliphatic rings. The summed E-state index contributed by atoms with van der Waals surface area (Å²) >= 11 is 1.54. The number of ether oxygens (including phenoxy) is 1. The molecule has 22 heavy (non-hydrogen) atoms. The van der Waals surface area contributed by atoms with Gasteiger partial charge in [0.05, 0.1) is 0 Å². The minimum absolute atomic E-state index is 0.308. The molecule has 3 aromatic rings. The Labute approximate surface area is 130 Å². The molecule has 2 aromatic heterocycles. The van der Waals surface area contributed by atoms with Crippen molar-refractivity contribution in [1.82, 2.24) is 4.98 Å². The van der Waals surface area contributed by atoms with Gasteiger partial charge in [0, 0.05) is 22.5 Å². The molecule has 0 saturated carbocycles. The molecule has 106 valence electrons. The third kappa shape index (κ3) is 2.21. The Hall–Kier alpha value is -2.79. The molecule has 0 unspecified atom stereocenters. The summed E-state index contributed by atoms with van der Waals surface area (Å²) in [6.45, 7) is 0. The van der Waals surface area contributed by atoms with Crippen molar-refractivity contribution in [2.45, 2.75) is 0 Å². The van der Waals surface area contributed by atoms with Gasteiger partial charge in [0.1, 0.15) is 4.83 Å².